The van der Waals surface area contributed by atoms with Crippen LogP contribution in [0.15, 0.2) is 18.2 Å². The zero-order valence-corrected chi connectivity index (χ0v) is 15.8. The second-order valence-corrected chi connectivity index (χ2v) is 6.99. The summed E-state index contributed by atoms with van der Waals surface area (Å²) in [6, 6.07) is 2.63. The zero-order chi connectivity index (χ0) is 20.7. The van der Waals surface area contributed by atoms with Crippen molar-refractivity contribution in [2.45, 2.75) is 50.6 Å². The van der Waals surface area contributed by atoms with Crippen molar-refractivity contribution in [2.75, 3.05) is 13.1 Å². The van der Waals surface area contributed by atoms with E-state index in [0.717, 1.165) is 6.42 Å². The number of nitrogens with zero attached hydrogens (tertiary/aromatic N) is 1. The van der Waals surface area contributed by atoms with Crippen LogP contribution in [-0.2, 0) is 20.8 Å². The number of benzene rings is 1. The van der Waals surface area contributed by atoms with E-state index in [9.17, 15) is 24.6 Å². The van der Waals surface area contributed by atoms with Gasteiger partial charge in [0.05, 0.1) is 12.5 Å². The van der Waals surface area contributed by atoms with Crippen LogP contribution in [0.5, 0.6) is 11.5 Å². The number of nitrogens with two attached hydrogens (primary N) is 2. The van der Waals surface area contributed by atoms with Gasteiger partial charge in [0.15, 0.2) is 11.5 Å². The lowest BCUT2D eigenvalue weighted by Gasteiger charge is -2.24. The van der Waals surface area contributed by atoms with Crippen LogP contribution in [0.3, 0.4) is 0 Å². The van der Waals surface area contributed by atoms with E-state index in [4.69, 9.17) is 11.5 Å². The third-order valence-electron chi connectivity index (χ3n) is 4.82. The first kappa shape index (κ1) is 21.6. The van der Waals surface area contributed by atoms with Crippen LogP contribution in [0.25, 0.3) is 0 Å². The van der Waals surface area contributed by atoms with E-state index in [2.05, 4.69) is 5.32 Å². The number of carbonyl (C=O) groups is 3. The summed E-state index contributed by atoms with van der Waals surface area (Å²) >= 11 is 0. The van der Waals surface area contributed by atoms with Crippen molar-refractivity contribution in [1.29, 1.82) is 0 Å². The van der Waals surface area contributed by atoms with Crippen molar-refractivity contribution in [2.24, 2.45) is 11.5 Å². The van der Waals surface area contributed by atoms with Crippen LogP contribution in [0.2, 0.25) is 0 Å². The van der Waals surface area contributed by atoms with Gasteiger partial charge >= 0.3 is 0 Å². The smallest absolute Gasteiger partial charge is 0.249 e. The van der Waals surface area contributed by atoms with Crippen LogP contribution in [0.1, 0.15) is 37.7 Å². The number of imide groups is 1. The highest BCUT2D eigenvalue weighted by atomic mass is 16.3. The molecule has 2 atom stereocenters. The van der Waals surface area contributed by atoms with Crippen molar-refractivity contribution in [3.8, 4) is 11.5 Å². The Morgan fingerprint density at radius 3 is 2.64 bits per heavy atom. The van der Waals surface area contributed by atoms with Crippen molar-refractivity contribution < 1.29 is 24.6 Å². The van der Waals surface area contributed by atoms with Crippen LogP contribution in [0, 0.1) is 0 Å². The Morgan fingerprint density at radius 2 is 1.96 bits per heavy atom. The van der Waals surface area contributed by atoms with E-state index >= 15 is 0 Å². The number of likely N-dealkylation sites (tertiary alicyclic amines) is 1. The lowest BCUT2D eigenvalue weighted by molar-refractivity contribution is -0.140. The third kappa shape index (κ3) is 5.67. The Bertz CT molecular complexity index is 724. The summed E-state index contributed by atoms with van der Waals surface area (Å²) in [5.41, 5.74) is 11.7. The highest BCUT2D eigenvalue weighted by Gasteiger charge is 2.35. The first-order chi connectivity index (χ1) is 13.3. The summed E-state index contributed by atoms with van der Waals surface area (Å²) in [5.74, 6) is -1.95. The number of hydrogen-bond acceptors (Lipinski definition) is 7. The van der Waals surface area contributed by atoms with Gasteiger partial charge in [-0.15, -0.1) is 0 Å². The molecule has 1 aromatic carbocycles. The van der Waals surface area contributed by atoms with E-state index in [1.807, 2.05) is 0 Å². The van der Waals surface area contributed by atoms with Crippen molar-refractivity contribution in [3.63, 3.8) is 0 Å². The zero-order valence-electron chi connectivity index (χ0n) is 15.8. The molecule has 0 saturated carbocycles. The molecule has 0 spiro atoms. The number of carbonyl (C=O) groups excluding carboxylic acids is 3. The Hall–Kier alpha value is -2.65. The Balaban J connectivity index is 1.93. The number of rotatable bonds is 8. The summed E-state index contributed by atoms with van der Waals surface area (Å²) in [6.07, 6.45) is 2.99. The van der Waals surface area contributed by atoms with E-state index in [0.29, 0.717) is 44.3 Å². The van der Waals surface area contributed by atoms with Gasteiger partial charge < -0.3 is 26.6 Å². The lowest BCUT2D eigenvalue weighted by Crippen LogP contribution is -2.51. The molecule has 1 aliphatic heterocycles. The minimum absolute atomic E-state index is 0.0236. The lowest BCUT2D eigenvalue weighted by atomic mass is 10.1. The molecular formula is C19H28N4O5. The molecule has 154 valence electrons. The molecule has 7 N–H and O–H groups in total. The largest absolute Gasteiger partial charge is 0.504 e. The fourth-order valence-electron chi connectivity index (χ4n) is 3.23. The molecule has 9 heteroatoms. The molecule has 1 saturated heterocycles. The maximum Gasteiger partial charge on any atom is 0.249 e. The summed E-state index contributed by atoms with van der Waals surface area (Å²) in [5, 5.41) is 21.2. The Morgan fingerprint density at radius 1 is 1.21 bits per heavy atom. The number of nitrogens with one attached hydrogen (secondary N) is 1. The predicted octanol–water partition coefficient (Wildman–Crippen LogP) is -0.270. The molecule has 0 aromatic heterocycles. The minimum Gasteiger partial charge on any atom is -0.504 e. The van der Waals surface area contributed by atoms with Gasteiger partial charge in [-0.25, -0.2) is 0 Å². The first-order valence-corrected chi connectivity index (χ1v) is 9.44. The van der Waals surface area contributed by atoms with Gasteiger partial charge in [0.2, 0.25) is 17.7 Å². The standard InChI is InChI=1S/C19H28N4O5/c20-8-2-1-4-13(21)18(27)22-19(28)14-5-3-9-23(14)17(26)11-12-6-7-15(24)16(25)10-12/h6-7,10,13-14,24-25H,1-5,8-9,11,20-21H2,(H,22,27,28)/t13-,14-/m0/s1. The van der Waals surface area contributed by atoms with E-state index in [-0.39, 0.29) is 23.8 Å². The number of phenols is 2. The van der Waals surface area contributed by atoms with Crippen molar-refractivity contribution >= 4 is 17.7 Å². The average molecular weight is 392 g/mol. The summed E-state index contributed by atoms with van der Waals surface area (Å²) in [7, 11) is 0. The van der Waals surface area contributed by atoms with Gasteiger partial charge in [0.1, 0.15) is 6.04 Å². The van der Waals surface area contributed by atoms with Crippen LogP contribution >= 0.6 is 0 Å². The molecule has 1 aromatic rings. The molecular weight excluding hydrogens is 364 g/mol. The van der Waals surface area contributed by atoms with Gasteiger partial charge in [-0.05, 0) is 49.9 Å². The SMILES string of the molecule is NCCCC[C@H](N)C(=O)NC(=O)[C@@H]1CCCN1C(=O)Cc1ccc(O)c(O)c1. The number of amides is 3. The summed E-state index contributed by atoms with van der Waals surface area (Å²) in [6.45, 7) is 0.933. The molecule has 1 aliphatic rings. The number of unbranched alkanes of at least 4 members (excludes halogenated alkanes) is 1. The monoisotopic (exact) mass is 392 g/mol. The normalized spacial score (nSPS) is 17.4. The second kappa shape index (κ2) is 10.0. The minimum atomic E-state index is -0.791. The fourth-order valence-corrected chi connectivity index (χ4v) is 3.23. The average Bonchev–Trinajstić information content (AvgIpc) is 3.15. The van der Waals surface area contributed by atoms with E-state index < -0.39 is 23.9 Å². The third-order valence-corrected chi connectivity index (χ3v) is 4.82. The molecule has 0 aliphatic carbocycles. The topological polar surface area (TPSA) is 159 Å². The molecule has 9 nitrogen and oxygen atoms in total. The molecule has 1 fully saturated rings. The van der Waals surface area contributed by atoms with E-state index in [1.165, 1.54) is 23.1 Å². The second-order valence-electron chi connectivity index (χ2n) is 6.99. The van der Waals surface area contributed by atoms with Crippen LogP contribution in [0.4, 0.5) is 0 Å². The molecule has 3 amide bonds. The Labute approximate surface area is 163 Å². The number of phenolic OH excluding ortho intramolecular Hbond substituents is 2. The van der Waals surface area contributed by atoms with Crippen LogP contribution in [-0.4, -0.2) is 58.0 Å². The number of hydrogen-bond donors (Lipinski definition) is 5. The molecule has 0 bridgehead atoms. The molecule has 1 heterocycles. The van der Waals surface area contributed by atoms with Crippen molar-refractivity contribution in [3.05, 3.63) is 23.8 Å². The molecule has 2 rings (SSSR count). The molecule has 0 radical (unpaired) electrons. The number of aromatic hydroxyl groups is 2. The summed E-state index contributed by atoms with van der Waals surface area (Å²) in [4.78, 5) is 38.6. The van der Waals surface area contributed by atoms with Gasteiger partial charge in [0, 0.05) is 6.54 Å². The molecule has 28 heavy (non-hydrogen) atoms. The highest BCUT2D eigenvalue weighted by molar-refractivity contribution is 6.01. The van der Waals surface area contributed by atoms with E-state index in [1.54, 1.807) is 0 Å². The Kier molecular flexibility index (Phi) is 7.77. The fraction of sp³-hybridized carbons (Fsp3) is 0.526. The maximum absolute atomic E-state index is 12.6. The van der Waals surface area contributed by atoms with Gasteiger partial charge in [-0.2, -0.15) is 0 Å². The van der Waals surface area contributed by atoms with Crippen LogP contribution < -0.4 is 16.8 Å². The van der Waals surface area contributed by atoms with Gasteiger partial charge in [-0.3, -0.25) is 19.7 Å². The molecule has 0 unspecified atom stereocenters. The summed E-state index contributed by atoms with van der Waals surface area (Å²) < 4.78 is 0. The van der Waals surface area contributed by atoms with Crippen molar-refractivity contribution in [1.82, 2.24) is 10.2 Å². The first-order valence-electron chi connectivity index (χ1n) is 9.44. The van der Waals surface area contributed by atoms with Gasteiger partial charge in [-0.1, -0.05) is 12.5 Å². The quantitative estimate of drug-likeness (QED) is 0.301. The highest BCUT2D eigenvalue weighted by Crippen LogP contribution is 2.26. The van der Waals surface area contributed by atoms with Gasteiger partial charge in [0.25, 0.3) is 0 Å². The predicted molar refractivity (Wildman–Crippen MR) is 102 cm³/mol. The maximum atomic E-state index is 12.6.